The summed E-state index contributed by atoms with van der Waals surface area (Å²) >= 11 is 3.25. The fraction of sp³-hybridized carbons (Fsp3) is 0. The number of rotatable bonds is 3. The summed E-state index contributed by atoms with van der Waals surface area (Å²) < 4.78 is 0.807. The zero-order valence-corrected chi connectivity index (χ0v) is 10.8. The molecule has 0 radical (unpaired) electrons. The second-order valence-corrected chi connectivity index (χ2v) is 4.47. The van der Waals surface area contributed by atoms with Gasteiger partial charge in [0.25, 0.3) is 5.91 Å². The molecule has 0 saturated carbocycles. The first-order valence-electron chi connectivity index (χ1n) is 5.17. The number of anilines is 1. The number of aromatic nitrogens is 1. The number of amides is 1. The molecular formula is C13H9BrN2O2. The monoisotopic (exact) mass is 304 g/mol. The molecule has 0 saturated heterocycles. The van der Waals surface area contributed by atoms with Crippen molar-refractivity contribution in [1.82, 2.24) is 4.98 Å². The van der Waals surface area contributed by atoms with Crippen LogP contribution in [0, 0.1) is 0 Å². The van der Waals surface area contributed by atoms with Crippen molar-refractivity contribution >= 4 is 33.8 Å². The highest BCUT2D eigenvalue weighted by molar-refractivity contribution is 9.10. The summed E-state index contributed by atoms with van der Waals surface area (Å²) in [6.45, 7) is 0. The van der Waals surface area contributed by atoms with Gasteiger partial charge in [-0.3, -0.25) is 9.59 Å². The number of nitrogens with one attached hydrogen (secondary N) is 1. The van der Waals surface area contributed by atoms with Crippen molar-refractivity contribution in [2.24, 2.45) is 0 Å². The molecule has 2 rings (SSSR count). The molecule has 1 amide bonds. The largest absolute Gasteiger partial charge is 0.321 e. The summed E-state index contributed by atoms with van der Waals surface area (Å²) in [5.41, 5.74) is 1.39. The van der Waals surface area contributed by atoms with E-state index >= 15 is 0 Å². The molecule has 1 N–H and O–H groups in total. The van der Waals surface area contributed by atoms with E-state index in [1.807, 2.05) is 0 Å². The number of carbonyl (C=O) groups is 2. The number of hydrogen-bond donors (Lipinski definition) is 1. The van der Waals surface area contributed by atoms with Gasteiger partial charge in [-0.25, -0.2) is 4.98 Å². The summed E-state index contributed by atoms with van der Waals surface area (Å²) in [6.07, 6.45) is 2.28. The fourth-order valence-corrected chi connectivity index (χ4v) is 1.63. The molecule has 0 aliphatic rings. The maximum Gasteiger partial charge on any atom is 0.274 e. The molecule has 0 aliphatic carbocycles. The first-order chi connectivity index (χ1) is 8.69. The van der Waals surface area contributed by atoms with Gasteiger partial charge in [-0.05, 0) is 40.2 Å². The number of halogens is 1. The quantitative estimate of drug-likeness (QED) is 0.887. The van der Waals surface area contributed by atoms with Crippen LogP contribution in [0.4, 0.5) is 5.69 Å². The molecule has 5 heteroatoms. The van der Waals surface area contributed by atoms with Crippen molar-refractivity contribution < 1.29 is 9.59 Å². The van der Waals surface area contributed by atoms with Gasteiger partial charge in [-0.1, -0.05) is 12.1 Å². The van der Waals surface area contributed by atoms with Gasteiger partial charge in [-0.2, -0.15) is 0 Å². The molecule has 0 aliphatic heterocycles. The Labute approximate surface area is 112 Å². The molecule has 1 aromatic carbocycles. The van der Waals surface area contributed by atoms with Crippen LogP contribution in [0.2, 0.25) is 0 Å². The highest BCUT2D eigenvalue weighted by Gasteiger charge is 2.07. The topological polar surface area (TPSA) is 59.1 Å². The van der Waals surface area contributed by atoms with Crippen molar-refractivity contribution in [2.75, 3.05) is 5.32 Å². The van der Waals surface area contributed by atoms with Crippen LogP contribution in [0.15, 0.2) is 47.1 Å². The van der Waals surface area contributed by atoms with Crippen molar-refractivity contribution in [3.8, 4) is 0 Å². The minimum atomic E-state index is -0.314. The summed E-state index contributed by atoms with van der Waals surface area (Å²) in [7, 11) is 0. The second-order valence-electron chi connectivity index (χ2n) is 3.56. The Kier molecular flexibility index (Phi) is 3.84. The first-order valence-corrected chi connectivity index (χ1v) is 5.96. The predicted octanol–water partition coefficient (Wildman–Crippen LogP) is 2.91. The molecule has 0 spiro atoms. The number of pyridine rings is 1. The van der Waals surface area contributed by atoms with Gasteiger partial charge in [0.2, 0.25) is 0 Å². The van der Waals surface area contributed by atoms with Gasteiger partial charge in [0, 0.05) is 21.9 Å². The van der Waals surface area contributed by atoms with Crippen LogP contribution >= 0.6 is 15.9 Å². The van der Waals surface area contributed by atoms with Crippen LogP contribution in [-0.2, 0) is 0 Å². The highest BCUT2D eigenvalue weighted by Crippen LogP contribution is 2.12. The summed E-state index contributed by atoms with van der Waals surface area (Å²) in [4.78, 5) is 26.5. The first kappa shape index (κ1) is 12.4. The maximum atomic E-state index is 11.8. The third-order valence-corrected chi connectivity index (χ3v) is 2.71. The number of carbonyl (C=O) groups excluding carboxylic acids is 2. The van der Waals surface area contributed by atoms with Crippen LogP contribution in [0.3, 0.4) is 0 Å². The lowest BCUT2D eigenvalue weighted by atomic mass is 10.2. The molecular weight excluding hydrogens is 296 g/mol. The number of aldehydes is 1. The van der Waals surface area contributed by atoms with E-state index in [9.17, 15) is 9.59 Å². The molecule has 1 heterocycles. The van der Waals surface area contributed by atoms with E-state index in [-0.39, 0.29) is 5.91 Å². The minimum Gasteiger partial charge on any atom is -0.321 e. The van der Waals surface area contributed by atoms with Crippen LogP contribution in [-0.4, -0.2) is 17.2 Å². The molecule has 1 aromatic heterocycles. The lowest BCUT2D eigenvalue weighted by Gasteiger charge is -2.05. The van der Waals surface area contributed by atoms with Gasteiger partial charge >= 0.3 is 0 Å². The van der Waals surface area contributed by atoms with Crippen molar-refractivity contribution in [3.63, 3.8) is 0 Å². The molecule has 0 fully saturated rings. The molecule has 4 nitrogen and oxygen atoms in total. The Morgan fingerprint density at radius 1 is 1.28 bits per heavy atom. The SMILES string of the molecule is O=Cc1cccc(NC(=O)c2ccc(Br)cn2)c1. The average molecular weight is 305 g/mol. The Bertz CT molecular complexity index is 582. The lowest BCUT2D eigenvalue weighted by Crippen LogP contribution is -2.13. The van der Waals surface area contributed by atoms with Gasteiger partial charge in [-0.15, -0.1) is 0 Å². The Morgan fingerprint density at radius 2 is 2.11 bits per heavy atom. The van der Waals surface area contributed by atoms with E-state index in [1.165, 1.54) is 0 Å². The van der Waals surface area contributed by atoms with E-state index in [2.05, 4.69) is 26.2 Å². The van der Waals surface area contributed by atoms with Crippen molar-refractivity contribution in [1.29, 1.82) is 0 Å². The van der Waals surface area contributed by atoms with Crippen molar-refractivity contribution in [3.05, 3.63) is 58.3 Å². The number of nitrogens with zero attached hydrogens (tertiary/aromatic N) is 1. The van der Waals surface area contributed by atoms with E-state index in [0.29, 0.717) is 16.9 Å². The van der Waals surface area contributed by atoms with Crippen LogP contribution in [0.1, 0.15) is 20.8 Å². The van der Waals surface area contributed by atoms with Crippen LogP contribution in [0.25, 0.3) is 0 Å². The van der Waals surface area contributed by atoms with E-state index in [4.69, 9.17) is 0 Å². The van der Waals surface area contributed by atoms with Crippen LogP contribution in [0.5, 0.6) is 0 Å². The number of hydrogen-bond acceptors (Lipinski definition) is 3. The molecule has 0 atom stereocenters. The van der Waals surface area contributed by atoms with Crippen molar-refractivity contribution in [2.45, 2.75) is 0 Å². The molecule has 2 aromatic rings. The minimum absolute atomic E-state index is 0.314. The maximum absolute atomic E-state index is 11.8. The zero-order chi connectivity index (χ0) is 13.0. The third kappa shape index (κ3) is 3.01. The lowest BCUT2D eigenvalue weighted by molar-refractivity contribution is 0.102. The molecule has 0 unspecified atom stereocenters. The smallest absolute Gasteiger partial charge is 0.274 e. The summed E-state index contributed by atoms with van der Waals surface area (Å²) in [5.74, 6) is -0.314. The van der Waals surface area contributed by atoms with Gasteiger partial charge in [0.1, 0.15) is 12.0 Å². The second kappa shape index (κ2) is 5.55. The summed E-state index contributed by atoms with van der Waals surface area (Å²) in [5, 5.41) is 2.68. The Balaban J connectivity index is 2.15. The number of benzene rings is 1. The molecule has 18 heavy (non-hydrogen) atoms. The zero-order valence-electron chi connectivity index (χ0n) is 9.26. The van der Waals surface area contributed by atoms with Crippen LogP contribution < -0.4 is 5.32 Å². The normalized spacial score (nSPS) is 9.83. The standard InChI is InChI=1S/C13H9BrN2O2/c14-10-4-5-12(15-7-10)13(18)16-11-3-1-2-9(6-11)8-17/h1-8H,(H,16,18). The van der Waals surface area contributed by atoms with E-state index in [1.54, 1.807) is 42.6 Å². The summed E-state index contributed by atoms with van der Waals surface area (Å²) in [6, 6.07) is 10.0. The predicted molar refractivity (Wildman–Crippen MR) is 71.7 cm³/mol. The van der Waals surface area contributed by atoms with Gasteiger partial charge in [0.05, 0.1) is 0 Å². The molecule has 90 valence electrons. The highest BCUT2D eigenvalue weighted by atomic mass is 79.9. The Morgan fingerprint density at radius 3 is 2.78 bits per heavy atom. The molecule has 0 bridgehead atoms. The van der Waals surface area contributed by atoms with E-state index in [0.717, 1.165) is 10.8 Å². The average Bonchev–Trinajstić information content (AvgIpc) is 2.39. The Hall–Kier alpha value is -2.01. The third-order valence-electron chi connectivity index (χ3n) is 2.24. The van der Waals surface area contributed by atoms with Gasteiger partial charge < -0.3 is 5.32 Å². The van der Waals surface area contributed by atoms with Gasteiger partial charge in [0.15, 0.2) is 0 Å². The van der Waals surface area contributed by atoms with E-state index < -0.39 is 0 Å². The fourth-order valence-electron chi connectivity index (χ4n) is 1.39.